The van der Waals surface area contributed by atoms with E-state index < -0.39 is 0 Å². The van der Waals surface area contributed by atoms with Gasteiger partial charge >= 0.3 is 0 Å². The molecule has 112 valence electrons. The molecule has 0 fully saturated rings. The van der Waals surface area contributed by atoms with E-state index in [4.69, 9.17) is 4.79 Å². The van der Waals surface area contributed by atoms with Crippen LogP contribution in [0.2, 0.25) is 0 Å². The Kier molecular flexibility index (Phi) is 4.34. The summed E-state index contributed by atoms with van der Waals surface area (Å²) < 4.78 is 0. The molecule has 2 nitrogen and oxygen atoms in total. The van der Waals surface area contributed by atoms with Gasteiger partial charge in [-0.3, -0.25) is 4.79 Å². The zero-order valence-electron chi connectivity index (χ0n) is 12.7. The molecular weight excluding hydrogens is 282 g/mol. The van der Waals surface area contributed by atoms with Gasteiger partial charge in [0.1, 0.15) is 6.29 Å². The predicted molar refractivity (Wildman–Crippen MR) is 97.5 cm³/mol. The van der Waals surface area contributed by atoms with Crippen molar-refractivity contribution in [1.82, 2.24) is 4.98 Å². The SMILES string of the molecule is C=CC=O.c1ccc(-c2cccc3c2[nH]c2ccccc23)cc1. The van der Waals surface area contributed by atoms with E-state index in [1.807, 2.05) is 0 Å². The van der Waals surface area contributed by atoms with E-state index in [1.54, 1.807) is 0 Å². The van der Waals surface area contributed by atoms with Crippen LogP contribution in [0.15, 0.2) is 85.5 Å². The molecule has 0 spiro atoms. The molecule has 1 heterocycles. The number of fused-ring (bicyclic) bond motifs is 3. The van der Waals surface area contributed by atoms with Crippen LogP contribution >= 0.6 is 0 Å². The van der Waals surface area contributed by atoms with Crippen LogP contribution < -0.4 is 0 Å². The summed E-state index contributed by atoms with van der Waals surface area (Å²) >= 11 is 0. The van der Waals surface area contributed by atoms with E-state index in [0.717, 1.165) is 0 Å². The molecule has 0 amide bonds. The Morgan fingerprint density at radius 1 is 0.783 bits per heavy atom. The van der Waals surface area contributed by atoms with Crippen LogP contribution in [0.3, 0.4) is 0 Å². The summed E-state index contributed by atoms with van der Waals surface area (Å²) in [6, 6.07) is 25.5. The number of aromatic nitrogens is 1. The Labute approximate surface area is 135 Å². The molecule has 1 N–H and O–H groups in total. The van der Waals surface area contributed by atoms with Gasteiger partial charge in [-0.05, 0) is 17.7 Å². The maximum atomic E-state index is 9.06. The van der Waals surface area contributed by atoms with Crippen molar-refractivity contribution < 1.29 is 4.79 Å². The quantitative estimate of drug-likeness (QED) is 0.392. The van der Waals surface area contributed by atoms with Gasteiger partial charge in [-0.25, -0.2) is 0 Å². The van der Waals surface area contributed by atoms with Crippen LogP contribution in [0.25, 0.3) is 32.9 Å². The first kappa shape index (κ1) is 14.8. The van der Waals surface area contributed by atoms with Crippen molar-refractivity contribution in [3.63, 3.8) is 0 Å². The number of carbonyl (C=O) groups is 1. The minimum atomic E-state index is 0.639. The first-order valence-corrected chi connectivity index (χ1v) is 7.46. The Balaban J connectivity index is 0.000000354. The van der Waals surface area contributed by atoms with Gasteiger partial charge in [0.05, 0.1) is 5.52 Å². The molecule has 4 aromatic rings. The fourth-order valence-corrected chi connectivity index (χ4v) is 2.73. The standard InChI is InChI=1S/C18H13N.C3H4O/c1-2-7-13(8-3-1)14-10-6-11-16-15-9-4-5-12-17(15)19-18(14)16;1-2-3-4/h1-12,19H;2-3H,1H2. The Morgan fingerprint density at radius 2 is 1.43 bits per heavy atom. The highest BCUT2D eigenvalue weighted by molar-refractivity contribution is 6.11. The monoisotopic (exact) mass is 299 g/mol. The number of aldehydes is 1. The average Bonchev–Trinajstić information content (AvgIpc) is 3.01. The summed E-state index contributed by atoms with van der Waals surface area (Å²) in [7, 11) is 0. The molecule has 0 aliphatic carbocycles. The van der Waals surface area contributed by atoms with Crippen LogP contribution in [0.5, 0.6) is 0 Å². The first-order chi connectivity index (χ1) is 11.3. The number of benzene rings is 3. The number of hydrogen-bond acceptors (Lipinski definition) is 1. The Morgan fingerprint density at radius 3 is 2.17 bits per heavy atom. The molecule has 0 saturated carbocycles. The van der Waals surface area contributed by atoms with Crippen molar-refractivity contribution in [3.05, 3.63) is 85.5 Å². The topological polar surface area (TPSA) is 32.9 Å². The summed E-state index contributed by atoms with van der Waals surface area (Å²) in [6.45, 7) is 3.11. The molecule has 0 saturated heterocycles. The van der Waals surface area contributed by atoms with Crippen LogP contribution in [0.1, 0.15) is 0 Å². The molecule has 0 aliphatic heterocycles. The van der Waals surface area contributed by atoms with Crippen LogP contribution in [0.4, 0.5) is 0 Å². The Hall–Kier alpha value is -3.13. The molecule has 1 aromatic heterocycles. The third-order valence-electron chi connectivity index (χ3n) is 3.72. The van der Waals surface area contributed by atoms with Crippen molar-refractivity contribution in [1.29, 1.82) is 0 Å². The number of para-hydroxylation sites is 2. The molecule has 4 rings (SSSR count). The maximum absolute atomic E-state index is 9.06. The zero-order chi connectivity index (χ0) is 16.1. The van der Waals surface area contributed by atoms with Crippen molar-refractivity contribution in [2.75, 3.05) is 0 Å². The minimum Gasteiger partial charge on any atom is -0.354 e. The highest BCUT2D eigenvalue weighted by Crippen LogP contribution is 2.32. The van der Waals surface area contributed by atoms with E-state index in [-0.39, 0.29) is 0 Å². The summed E-state index contributed by atoms with van der Waals surface area (Å²) in [5.74, 6) is 0. The molecule has 0 radical (unpaired) electrons. The molecule has 3 aromatic carbocycles. The van der Waals surface area contributed by atoms with Gasteiger partial charge in [0.25, 0.3) is 0 Å². The second-order valence-corrected chi connectivity index (χ2v) is 5.14. The van der Waals surface area contributed by atoms with Gasteiger partial charge in [-0.15, -0.1) is 0 Å². The van der Waals surface area contributed by atoms with Gasteiger partial charge in [0.15, 0.2) is 0 Å². The lowest BCUT2D eigenvalue weighted by atomic mass is 10.0. The van der Waals surface area contributed by atoms with Gasteiger partial charge < -0.3 is 4.98 Å². The summed E-state index contributed by atoms with van der Waals surface area (Å²) in [5.41, 5.74) is 4.92. The van der Waals surface area contributed by atoms with Crippen molar-refractivity contribution in [2.45, 2.75) is 0 Å². The number of allylic oxidation sites excluding steroid dienone is 1. The molecular formula is C21H17NO. The predicted octanol–water partition coefficient (Wildman–Crippen LogP) is 5.36. The summed E-state index contributed by atoms with van der Waals surface area (Å²) in [5, 5.41) is 2.58. The second-order valence-electron chi connectivity index (χ2n) is 5.14. The van der Waals surface area contributed by atoms with Gasteiger partial charge in [0.2, 0.25) is 0 Å². The number of hydrogen-bond donors (Lipinski definition) is 1. The highest BCUT2D eigenvalue weighted by atomic mass is 16.1. The molecule has 0 atom stereocenters. The average molecular weight is 299 g/mol. The van der Waals surface area contributed by atoms with Crippen LogP contribution in [0, 0.1) is 0 Å². The number of aromatic amines is 1. The lowest BCUT2D eigenvalue weighted by Gasteiger charge is -2.03. The lowest BCUT2D eigenvalue weighted by Crippen LogP contribution is -1.79. The number of carbonyl (C=O) groups excluding carboxylic acids is 1. The fourth-order valence-electron chi connectivity index (χ4n) is 2.73. The summed E-state index contributed by atoms with van der Waals surface area (Å²) in [6.07, 6.45) is 1.83. The van der Waals surface area contributed by atoms with Crippen LogP contribution in [-0.4, -0.2) is 11.3 Å². The highest BCUT2D eigenvalue weighted by Gasteiger charge is 2.08. The van der Waals surface area contributed by atoms with E-state index in [1.165, 1.54) is 39.0 Å². The molecule has 0 aliphatic rings. The summed E-state index contributed by atoms with van der Waals surface area (Å²) in [4.78, 5) is 12.6. The second kappa shape index (κ2) is 6.75. The lowest BCUT2D eigenvalue weighted by molar-refractivity contribution is -0.104. The van der Waals surface area contributed by atoms with Gasteiger partial charge in [0, 0.05) is 21.9 Å². The number of H-pyrrole nitrogens is 1. The van der Waals surface area contributed by atoms with E-state index in [2.05, 4.69) is 84.4 Å². The maximum Gasteiger partial charge on any atom is 0.142 e. The van der Waals surface area contributed by atoms with E-state index >= 15 is 0 Å². The van der Waals surface area contributed by atoms with Crippen molar-refractivity contribution in [3.8, 4) is 11.1 Å². The minimum absolute atomic E-state index is 0.639. The molecule has 0 bridgehead atoms. The number of nitrogens with one attached hydrogen (secondary N) is 1. The molecule has 2 heteroatoms. The van der Waals surface area contributed by atoms with Gasteiger partial charge in [-0.1, -0.05) is 73.3 Å². The Bertz CT molecular complexity index is 945. The van der Waals surface area contributed by atoms with Crippen molar-refractivity contribution >= 4 is 28.1 Å². The number of rotatable bonds is 2. The molecule has 0 unspecified atom stereocenters. The normalized spacial score (nSPS) is 10.1. The fraction of sp³-hybridized carbons (Fsp3) is 0. The smallest absolute Gasteiger partial charge is 0.142 e. The van der Waals surface area contributed by atoms with Gasteiger partial charge in [-0.2, -0.15) is 0 Å². The first-order valence-electron chi connectivity index (χ1n) is 7.46. The van der Waals surface area contributed by atoms with Crippen LogP contribution in [-0.2, 0) is 4.79 Å². The third kappa shape index (κ3) is 2.92. The van der Waals surface area contributed by atoms with E-state index in [0.29, 0.717) is 6.29 Å². The largest absolute Gasteiger partial charge is 0.354 e. The molecule has 23 heavy (non-hydrogen) atoms. The van der Waals surface area contributed by atoms with Crippen molar-refractivity contribution in [2.24, 2.45) is 0 Å². The van der Waals surface area contributed by atoms with E-state index in [9.17, 15) is 0 Å². The third-order valence-corrected chi connectivity index (χ3v) is 3.72. The zero-order valence-corrected chi connectivity index (χ0v) is 12.7.